The lowest BCUT2D eigenvalue weighted by molar-refractivity contribution is -0.123. The fraction of sp³-hybridized carbons (Fsp3) is 0.706. The van der Waals surface area contributed by atoms with Crippen LogP contribution >= 0.6 is 0 Å². The van der Waals surface area contributed by atoms with E-state index in [1.807, 2.05) is 11.9 Å². The van der Waals surface area contributed by atoms with Gasteiger partial charge in [0.1, 0.15) is 11.4 Å². The second-order valence-electron chi connectivity index (χ2n) is 7.09. The summed E-state index contributed by atoms with van der Waals surface area (Å²) < 4.78 is 0. The molecule has 1 aromatic heterocycles. The number of amides is 1. The number of β-amino-alcohol motifs (C(OH)–C–C–N with tert-alkyl or cyclic N) is 1. The molecular weight excluding hydrogens is 306 g/mol. The number of hydrogen-bond donors (Lipinski definition) is 2. The molecule has 0 unspecified atom stereocenters. The van der Waals surface area contributed by atoms with Crippen molar-refractivity contribution in [3.63, 3.8) is 0 Å². The molecule has 2 heterocycles. The van der Waals surface area contributed by atoms with Crippen LogP contribution in [0.15, 0.2) is 18.6 Å². The minimum Gasteiger partial charge on any atom is -0.386 e. The quantitative estimate of drug-likeness (QED) is 0.785. The number of rotatable bonds is 6. The van der Waals surface area contributed by atoms with Crippen molar-refractivity contribution < 1.29 is 9.90 Å². The number of hydrogen-bond acceptors (Lipinski definition) is 6. The van der Waals surface area contributed by atoms with Crippen LogP contribution in [-0.4, -0.2) is 70.8 Å². The van der Waals surface area contributed by atoms with E-state index >= 15 is 0 Å². The van der Waals surface area contributed by atoms with E-state index in [4.69, 9.17) is 0 Å². The van der Waals surface area contributed by atoms with Crippen LogP contribution in [0, 0.1) is 0 Å². The molecule has 7 nitrogen and oxygen atoms in total. The molecule has 24 heavy (non-hydrogen) atoms. The van der Waals surface area contributed by atoms with E-state index in [0.29, 0.717) is 32.1 Å². The number of aliphatic hydroxyl groups is 1. The summed E-state index contributed by atoms with van der Waals surface area (Å²) in [5.41, 5.74) is -0.904. The third kappa shape index (κ3) is 4.21. The van der Waals surface area contributed by atoms with Crippen LogP contribution in [0.25, 0.3) is 0 Å². The van der Waals surface area contributed by atoms with Gasteiger partial charge in [0.05, 0.1) is 12.7 Å². The number of carbonyl (C=O) groups excluding carboxylic acids is 1. The SMILES string of the molecule is CN(CC(=O)NC[C@]1(O)CCN(c2cnccn2)C1)C1CCCC1. The molecule has 1 aliphatic carbocycles. The number of anilines is 1. The summed E-state index contributed by atoms with van der Waals surface area (Å²) in [6.45, 7) is 1.85. The van der Waals surface area contributed by atoms with Crippen LogP contribution in [-0.2, 0) is 4.79 Å². The molecule has 1 saturated heterocycles. The Kier molecular flexibility index (Phi) is 5.30. The van der Waals surface area contributed by atoms with E-state index in [-0.39, 0.29) is 12.5 Å². The van der Waals surface area contributed by atoms with E-state index in [1.54, 1.807) is 18.6 Å². The minimum atomic E-state index is -0.904. The molecule has 7 heteroatoms. The fourth-order valence-corrected chi connectivity index (χ4v) is 3.67. The number of likely N-dealkylation sites (N-methyl/N-ethyl adjacent to an activating group) is 1. The molecular formula is C17H27N5O2. The average molecular weight is 333 g/mol. The van der Waals surface area contributed by atoms with Crippen molar-refractivity contribution >= 4 is 11.7 Å². The number of aromatic nitrogens is 2. The highest BCUT2D eigenvalue weighted by atomic mass is 16.3. The molecule has 2 fully saturated rings. The Hall–Kier alpha value is -1.73. The van der Waals surface area contributed by atoms with Crippen LogP contribution in [0.4, 0.5) is 5.82 Å². The molecule has 2 N–H and O–H groups in total. The molecule has 1 atom stereocenters. The second kappa shape index (κ2) is 7.44. The summed E-state index contributed by atoms with van der Waals surface area (Å²) in [4.78, 5) is 24.6. The lowest BCUT2D eigenvalue weighted by Gasteiger charge is -2.26. The van der Waals surface area contributed by atoms with Gasteiger partial charge >= 0.3 is 0 Å². The molecule has 0 spiro atoms. The zero-order valence-electron chi connectivity index (χ0n) is 14.3. The van der Waals surface area contributed by atoms with Crippen molar-refractivity contribution in [1.29, 1.82) is 0 Å². The Bertz CT molecular complexity index is 549. The molecule has 0 aromatic carbocycles. The highest BCUT2D eigenvalue weighted by molar-refractivity contribution is 5.78. The van der Waals surface area contributed by atoms with Gasteiger partial charge in [0.25, 0.3) is 0 Å². The minimum absolute atomic E-state index is 0.0178. The molecule has 2 aliphatic rings. The molecule has 1 saturated carbocycles. The van der Waals surface area contributed by atoms with E-state index < -0.39 is 5.60 Å². The third-order valence-electron chi connectivity index (χ3n) is 5.16. The highest BCUT2D eigenvalue weighted by Crippen LogP contribution is 2.24. The predicted molar refractivity (Wildman–Crippen MR) is 91.7 cm³/mol. The smallest absolute Gasteiger partial charge is 0.234 e. The van der Waals surface area contributed by atoms with E-state index in [1.165, 1.54) is 25.7 Å². The van der Waals surface area contributed by atoms with Crippen molar-refractivity contribution in [3.8, 4) is 0 Å². The first-order valence-corrected chi connectivity index (χ1v) is 8.76. The maximum absolute atomic E-state index is 12.2. The standard InChI is InChI=1S/C17H27N5O2/c1-21(14-4-2-3-5-14)11-16(23)20-12-17(24)6-9-22(13-17)15-10-18-7-8-19-15/h7-8,10,14,24H,2-6,9,11-13H2,1H3,(H,20,23)/t17-/m1/s1. The summed E-state index contributed by atoms with van der Waals surface area (Å²) in [5.74, 6) is 0.747. The molecule has 0 radical (unpaired) electrons. The van der Waals surface area contributed by atoms with Crippen molar-refractivity contribution in [2.24, 2.45) is 0 Å². The summed E-state index contributed by atoms with van der Waals surface area (Å²) in [6.07, 6.45) is 10.5. The van der Waals surface area contributed by atoms with Crippen LogP contribution in [0.1, 0.15) is 32.1 Å². The molecule has 132 valence electrons. The predicted octanol–water partition coefficient (Wildman–Crippen LogP) is 0.408. The molecule has 0 bridgehead atoms. The van der Waals surface area contributed by atoms with Gasteiger partial charge in [0.2, 0.25) is 5.91 Å². The number of carbonyl (C=O) groups is 1. The summed E-state index contributed by atoms with van der Waals surface area (Å²) in [5, 5.41) is 13.6. The monoisotopic (exact) mass is 333 g/mol. The zero-order valence-corrected chi connectivity index (χ0v) is 14.3. The number of nitrogens with one attached hydrogen (secondary N) is 1. The van der Waals surface area contributed by atoms with Crippen LogP contribution < -0.4 is 10.2 Å². The fourth-order valence-electron chi connectivity index (χ4n) is 3.67. The maximum Gasteiger partial charge on any atom is 0.234 e. The van der Waals surface area contributed by atoms with Gasteiger partial charge in [-0.1, -0.05) is 12.8 Å². The summed E-state index contributed by atoms with van der Waals surface area (Å²) >= 11 is 0. The Morgan fingerprint density at radius 1 is 1.46 bits per heavy atom. The zero-order chi connectivity index (χ0) is 17.0. The van der Waals surface area contributed by atoms with E-state index in [0.717, 1.165) is 5.82 Å². The molecule has 1 aliphatic heterocycles. The largest absolute Gasteiger partial charge is 0.386 e. The third-order valence-corrected chi connectivity index (χ3v) is 5.16. The van der Waals surface area contributed by atoms with Gasteiger partial charge in [-0.15, -0.1) is 0 Å². The molecule has 3 rings (SSSR count). The lowest BCUT2D eigenvalue weighted by Crippen LogP contribution is -2.48. The average Bonchev–Trinajstić information content (AvgIpc) is 3.24. The Morgan fingerprint density at radius 3 is 2.96 bits per heavy atom. The maximum atomic E-state index is 12.2. The lowest BCUT2D eigenvalue weighted by atomic mass is 10.0. The van der Waals surface area contributed by atoms with Gasteiger partial charge in [-0.2, -0.15) is 0 Å². The van der Waals surface area contributed by atoms with Crippen molar-refractivity contribution in [2.75, 3.05) is 38.1 Å². The van der Waals surface area contributed by atoms with Gasteiger partial charge in [-0.05, 0) is 26.3 Å². The first-order valence-electron chi connectivity index (χ1n) is 8.76. The molecule has 1 aromatic rings. The van der Waals surface area contributed by atoms with Gasteiger partial charge in [0.15, 0.2) is 0 Å². The first-order chi connectivity index (χ1) is 11.6. The van der Waals surface area contributed by atoms with Crippen LogP contribution in [0.5, 0.6) is 0 Å². The Balaban J connectivity index is 1.45. The van der Waals surface area contributed by atoms with Gasteiger partial charge in [0, 0.05) is 38.1 Å². The number of nitrogens with zero attached hydrogens (tertiary/aromatic N) is 4. The Labute approximate surface area is 143 Å². The topological polar surface area (TPSA) is 81.6 Å². The Morgan fingerprint density at radius 2 is 2.25 bits per heavy atom. The first kappa shape index (κ1) is 17.1. The van der Waals surface area contributed by atoms with Crippen molar-refractivity contribution in [2.45, 2.75) is 43.7 Å². The van der Waals surface area contributed by atoms with Crippen molar-refractivity contribution in [3.05, 3.63) is 18.6 Å². The second-order valence-corrected chi connectivity index (χ2v) is 7.09. The van der Waals surface area contributed by atoms with Crippen molar-refractivity contribution in [1.82, 2.24) is 20.2 Å². The van der Waals surface area contributed by atoms with Gasteiger partial charge in [-0.3, -0.25) is 14.7 Å². The normalized spacial score (nSPS) is 24.7. The highest BCUT2D eigenvalue weighted by Gasteiger charge is 2.37. The summed E-state index contributed by atoms with van der Waals surface area (Å²) in [6, 6.07) is 0.525. The van der Waals surface area contributed by atoms with Gasteiger partial charge < -0.3 is 15.3 Å². The summed E-state index contributed by atoms with van der Waals surface area (Å²) in [7, 11) is 2.01. The molecule has 1 amide bonds. The van der Waals surface area contributed by atoms with E-state index in [9.17, 15) is 9.90 Å². The van der Waals surface area contributed by atoms with Crippen LogP contribution in [0.2, 0.25) is 0 Å². The van der Waals surface area contributed by atoms with E-state index in [2.05, 4.69) is 20.2 Å². The van der Waals surface area contributed by atoms with Crippen LogP contribution in [0.3, 0.4) is 0 Å². The van der Waals surface area contributed by atoms with Gasteiger partial charge in [-0.25, -0.2) is 4.98 Å².